The third-order valence-corrected chi connectivity index (χ3v) is 2.90. The van der Waals surface area contributed by atoms with Gasteiger partial charge in [0.1, 0.15) is 11.8 Å². The van der Waals surface area contributed by atoms with E-state index in [4.69, 9.17) is 22.1 Å². The second-order valence-electron chi connectivity index (χ2n) is 4.95. The van der Waals surface area contributed by atoms with E-state index >= 15 is 0 Å². The third kappa shape index (κ3) is 5.10. The van der Waals surface area contributed by atoms with Gasteiger partial charge < -0.3 is 15.5 Å². The number of carbonyl (C=O) groups excluding carboxylic acids is 1. The van der Waals surface area contributed by atoms with Gasteiger partial charge in [-0.2, -0.15) is 0 Å². The highest BCUT2D eigenvalue weighted by Crippen LogP contribution is 2.15. The summed E-state index contributed by atoms with van der Waals surface area (Å²) in [5.41, 5.74) is 7.41. The minimum absolute atomic E-state index is 0.130. The number of H-pyrrole nitrogens is 1. The summed E-state index contributed by atoms with van der Waals surface area (Å²) in [4.78, 5) is 25.5. The van der Waals surface area contributed by atoms with Crippen molar-refractivity contribution in [3.63, 3.8) is 0 Å². The number of nitrogens with zero attached hydrogens (tertiary/aromatic N) is 3. The van der Waals surface area contributed by atoms with E-state index in [9.17, 15) is 4.79 Å². The number of halogens is 1. The van der Waals surface area contributed by atoms with E-state index < -0.39 is 6.09 Å². The van der Waals surface area contributed by atoms with Crippen LogP contribution in [0.25, 0.3) is 11.2 Å². The molecule has 0 aliphatic heterocycles. The van der Waals surface area contributed by atoms with Gasteiger partial charge in [-0.25, -0.2) is 19.7 Å². The van der Waals surface area contributed by atoms with Crippen LogP contribution in [0.5, 0.6) is 0 Å². The summed E-state index contributed by atoms with van der Waals surface area (Å²) >= 11 is 5.74. The molecule has 8 nitrogen and oxygen atoms in total. The highest BCUT2D eigenvalue weighted by Gasteiger charge is 2.05. The number of anilines is 2. The number of nitrogen functional groups attached to an aromatic ring is 1. The Balaban J connectivity index is 0.000000182. The maximum absolute atomic E-state index is 11.2. The molecular weight excluding hydrogens is 332 g/mol. The van der Waals surface area contributed by atoms with E-state index in [1.54, 1.807) is 38.1 Å². The number of carbonyl (C=O) groups is 1. The van der Waals surface area contributed by atoms with Crippen LogP contribution >= 0.6 is 11.6 Å². The normalized spacial score (nSPS) is 10.2. The van der Waals surface area contributed by atoms with Gasteiger partial charge in [-0.1, -0.05) is 17.7 Å². The van der Waals surface area contributed by atoms with Gasteiger partial charge >= 0.3 is 6.09 Å². The lowest BCUT2D eigenvalue weighted by molar-refractivity contribution is 0.130. The van der Waals surface area contributed by atoms with Crippen molar-refractivity contribution < 1.29 is 9.53 Å². The van der Waals surface area contributed by atoms with Crippen LogP contribution in [0.2, 0.25) is 5.02 Å². The number of rotatable bonds is 2. The minimum atomic E-state index is -0.470. The summed E-state index contributed by atoms with van der Waals surface area (Å²) in [6, 6.07) is 6.89. The largest absolute Gasteiger partial charge is 0.447 e. The zero-order chi connectivity index (χ0) is 17.5. The third-order valence-electron chi connectivity index (χ3n) is 2.67. The lowest BCUT2D eigenvalue weighted by Crippen LogP contribution is -2.17. The molecule has 3 rings (SSSR count). The maximum Gasteiger partial charge on any atom is 0.411 e. The lowest BCUT2D eigenvalue weighted by atomic mass is 10.3. The van der Waals surface area contributed by atoms with Crippen molar-refractivity contribution >= 4 is 40.4 Å². The highest BCUT2D eigenvalue weighted by atomic mass is 35.5. The molecule has 0 unspecified atom stereocenters. The van der Waals surface area contributed by atoms with Gasteiger partial charge in [-0.15, -0.1) is 0 Å². The van der Waals surface area contributed by atoms with Gasteiger partial charge in [0.25, 0.3) is 0 Å². The summed E-state index contributed by atoms with van der Waals surface area (Å²) in [6.07, 6.45) is 2.32. The Labute approximate surface area is 143 Å². The zero-order valence-corrected chi connectivity index (χ0v) is 13.9. The molecule has 0 aliphatic rings. The number of nitrogens with one attached hydrogen (secondary N) is 2. The monoisotopic (exact) mass is 348 g/mol. The first-order valence-corrected chi connectivity index (χ1v) is 7.46. The molecular formula is C15H17ClN6O2. The number of fused-ring (bicyclic) bond motifs is 1. The van der Waals surface area contributed by atoms with Gasteiger partial charge in [-0.3, -0.25) is 5.32 Å². The molecule has 0 saturated carbocycles. The van der Waals surface area contributed by atoms with Crippen molar-refractivity contribution in [3.05, 3.63) is 41.9 Å². The molecule has 3 aromatic rings. The van der Waals surface area contributed by atoms with Crippen LogP contribution in [-0.2, 0) is 4.74 Å². The first-order valence-electron chi connectivity index (χ1n) is 7.08. The van der Waals surface area contributed by atoms with Crippen molar-refractivity contribution in [1.29, 1.82) is 0 Å². The van der Waals surface area contributed by atoms with E-state index in [2.05, 4.69) is 25.3 Å². The number of aromatic nitrogens is 4. The molecule has 0 saturated heterocycles. The molecule has 0 spiro atoms. The van der Waals surface area contributed by atoms with E-state index in [1.807, 2.05) is 0 Å². The van der Waals surface area contributed by atoms with E-state index in [0.717, 1.165) is 0 Å². The molecule has 0 aliphatic carbocycles. The second-order valence-corrected chi connectivity index (χ2v) is 5.39. The number of nitrogens with two attached hydrogens (primary N) is 1. The Hall–Kier alpha value is -2.87. The quantitative estimate of drug-likeness (QED) is 0.654. The van der Waals surface area contributed by atoms with Gasteiger partial charge in [0.05, 0.1) is 12.4 Å². The van der Waals surface area contributed by atoms with Gasteiger partial charge in [-0.05, 0) is 32.0 Å². The van der Waals surface area contributed by atoms with Crippen LogP contribution in [0.4, 0.5) is 16.3 Å². The molecule has 1 amide bonds. The predicted octanol–water partition coefficient (Wildman–Crippen LogP) is 3.23. The highest BCUT2D eigenvalue weighted by molar-refractivity contribution is 6.30. The number of aromatic amines is 1. The fraction of sp³-hybridized carbons (Fsp3) is 0.200. The van der Waals surface area contributed by atoms with Crippen molar-refractivity contribution in [3.8, 4) is 0 Å². The van der Waals surface area contributed by atoms with Crippen LogP contribution < -0.4 is 11.1 Å². The van der Waals surface area contributed by atoms with Crippen molar-refractivity contribution in [2.24, 2.45) is 0 Å². The van der Waals surface area contributed by atoms with Gasteiger partial charge in [0, 0.05) is 10.7 Å². The van der Waals surface area contributed by atoms with Gasteiger partial charge in [0.2, 0.25) is 0 Å². The van der Waals surface area contributed by atoms with E-state index in [1.165, 1.54) is 12.7 Å². The number of hydrogen-bond donors (Lipinski definition) is 3. The molecule has 4 N–H and O–H groups in total. The predicted molar refractivity (Wildman–Crippen MR) is 92.8 cm³/mol. The number of imidazole rings is 1. The van der Waals surface area contributed by atoms with Crippen molar-refractivity contribution in [1.82, 2.24) is 19.9 Å². The molecule has 2 heterocycles. The van der Waals surface area contributed by atoms with Crippen LogP contribution in [0.3, 0.4) is 0 Å². The lowest BCUT2D eigenvalue weighted by Gasteiger charge is -2.09. The Morgan fingerprint density at radius 3 is 2.79 bits per heavy atom. The average molecular weight is 349 g/mol. The van der Waals surface area contributed by atoms with Crippen LogP contribution in [0, 0.1) is 0 Å². The molecule has 9 heteroatoms. The smallest absolute Gasteiger partial charge is 0.411 e. The number of benzene rings is 1. The maximum atomic E-state index is 11.2. The molecule has 0 radical (unpaired) electrons. The molecule has 0 atom stereocenters. The standard InChI is InChI=1S/C10H12ClNO2.C5H5N5/c1-7(2)14-10(13)12-9-5-3-4-8(11)6-9;6-4-3-5(9-1-7-3)10-2-8-4/h3-7H,1-2H3,(H,12,13);1-2H,(H3,6,7,8,9,10). The van der Waals surface area contributed by atoms with Crippen molar-refractivity contribution in [2.45, 2.75) is 20.0 Å². The molecule has 126 valence electrons. The van der Waals surface area contributed by atoms with E-state index in [-0.39, 0.29) is 6.10 Å². The van der Waals surface area contributed by atoms with Crippen LogP contribution in [0.1, 0.15) is 13.8 Å². The zero-order valence-electron chi connectivity index (χ0n) is 13.2. The summed E-state index contributed by atoms with van der Waals surface area (Å²) in [6.45, 7) is 3.58. The first kappa shape index (κ1) is 17.5. The molecule has 1 aromatic carbocycles. The van der Waals surface area contributed by atoms with E-state index in [0.29, 0.717) is 27.7 Å². The Kier molecular flexibility index (Phi) is 5.91. The van der Waals surface area contributed by atoms with Gasteiger partial charge in [0.15, 0.2) is 11.5 Å². The Morgan fingerprint density at radius 2 is 2.12 bits per heavy atom. The SMILES string of the molecule is CC(C)OC(=O)Nc1cccc(Cl)c1.Nc1ncnc2nc[nH]c12. The van der Waals surface area contributed by atoms with Crippen molar-refractivity contribution in [2.75, 3.05) is 11.1 Å². The molecule has 0 fully saturated rings. The Bertz CT molecular complexity index is 820. The molecule has 2 aromatic heterocycles. The summed E-state index contributed by atoms with van der Waals surface area (Å²) in [5.74, 6) is 0.433. The fourth-order valence-corrected chi connectivity index (χ4v) is 1.90. The molecule has 24 heavy (non-hydrogen) atoms. The Morgan fingerprint density at radius 1 is 1.33 bits per heavy atom. The first-order chi connectivity index (χ1) is 11.5. The second kappa shape index (κ2) is 8.11. The molecule has 0 bridgehead atoms. The number of hydrogen-bond acceptors (Lipinski definition) is 6. The van der Waals surface area contributed by atoms with Crippen LogP contribution in [0.15, 0.2) is 36.9 Å². The van der Waals surface area contributed by atoms with Crippen LogP contribution in [-0.4, -0.2) is 32.1 Å². The summed E-state index contributed by atoms with van der Waals surface area (Å²) in [5, 5.41) is 3.14. The average Bonchev–Trinajstić information content (AvgIpc) is 2.97. The fourth-order valence-electron chi connectivity index (χ4n) is 1.71. The number of ether oxygens (including phenoxy) is 1. The number of amides is 1. The topological polar surface area (TPSA) is 119 Å². The summed E-state index contributed by atoms with van der Waals surface area (Å²) in [7, 11) is 0. The minimum Gasteiger partial charge on any atom is -0.447 e. The summed E-state index contributed by atoms with van der Waals surface area (Å²) < 4.78 is 4.90.